The van der Waals surface area contributed by atoms with Crippen LogP contribution in [0.3, 0.4) is 0 Å². The SMILES string of the molecule is C[C@@H](Oc1nn(-c2ccccc2)cc1Br)C(=O)Nc1ccccc1. The van der Waals surface area contributed by atoms with Gasteiger partial charge in [0.05, 0.1) is 10.2 Å². The Morgan fingerprint density at radius 1 is 1.12 bits per heavy atom. The molecular weight excluding hydrogens is 370 g/mol. The Morgan fingerprint density at radius 2 is 1.75 bits per heavy atom. The number of halogens is 1. The van der Waals surface area contributed by atoms with Gasteiger partial charge in [0.25, 0.3) is 5.91 Å². The van der Waals surface area contributed by atoms with Crippen LogP contribution in [0.25, 0.3) is 5.69 Å². The maximum Gasteiger partial charge on any atom is 0.265 e. The van der Waals surface area contributed by atoms with Crippen molar-refractivity contribution in [2.75, 3.05) is 5.32 Å². The first-order valence-electron chi connectivity index (χ1n) is 7.46. The zero-order valence-corrected chi connectivity index (χ0v) is 14.6. The minimum Gasteiger partial charge on any atom is -0.463 e. The Labute approximate surface area is 148 Å². The molecule has 24 heavy (non-hydrogen) atoms. The molecule has 0 spiro atoms. The summed E-state index contributed by atoms with van der Waals surface area (Å²) in [5.74, 6) is 0.136. The van der Waals surface area contributed by atoms with Crippen molar-refractivity contribution >= 4 is 27.5 Å². The summed E-state index contributed by atoms with van der Waals surface area (Å²) in [5.41, 5.74) is 1.64. The van der Waals surface area contributed by atoms with Crippen molar-refractivity contribution in [1.29, 1.82) is 0 Å². The molecule has 0 unspecified atom stereocenters. The molecule has 3 aromatic rings. The molecule has 122 valence electrons. The highest BCUT2D eigenvalue weighted by molar-refractivity contribution is 9.10. The summed E-state index contributed by atoms with van der Waals surface area (Å²) in [6, 6.07) is 18.9. The van der Waals surface area contributed by atoms with Crippen LogP contribution in [-0.2, 0) is 4.79 Å². The van der Waals surface area contributed by atoms with Gasteiger partial charge in [0.2, 0.25) is 5.88 Å². The third-order valence-electron chi connectivity index (χ3n) is 3.36. The van der Waals surface area contributed by atoms with Crippen LogP contribution < -0.4 is 10.1 Å². The van der Waals surface area contributed by atoms with Gasteiger partial charge in [0.1, 0.15) is 0 Å². The number of nitrogens with one attached hydrogen (secondary N) is 1. The van der Waals surface area contributed by atoms with Gasteiger partial charge in [0, 0.05) is 11.9 Å². The lowest BCUT2D eigenvalue weighted by atomic mass is 10.3. The molecule has 1 N–H and O–H groups in total. The Kier molecular flexibility index (Phi) is 4.96. The van der Waals surface area contributed by atoms with E-state index in [0.29, 0.717) is 10.4 Å². The Hall–Kier alpha value is -2.60. The lowest BCUT2D eigenvalue weighted by Crippen LogP contribution is -2.30. The fraction of sp³-hybridized carbons (Fsp3) is 0.111. The van der Waals surface area contributed by atoms with E-state index in [-0.39, 0.29) is 5.91 Å². The van der Waals surface area contributed by atoms with E-state index in [2.05, 4.69) is 26.3 Å². The van der Waals surface area contributed by atoms with E-state index in [4.69, 9.17) is 4.74 Å². The van der Waals surface area contributed by atoms with E-state index in [1.807, 2.05) is 60.7 Å². The molecule has 0 aliphatic heterocycles. The number of benzene rings is 2. The van der Waals surface area contributed by atoms with Crippen molar-refractivity contribution in [3.8, 4) is 11.6 Å². The Balaban J connectivity index is 1.69. The summed E-state index contributed by atoms with van der Waals surface area (Å²) in [6.45, 7) is 1.69. The molecule has 0 bridgehead atoms. The highest BCUT2D eigenvalue weighted by Gasteiger charge is 2.18. The maximum absolute atomic E-state index is 12.2. The van der Waals surface area contributed by atoms with E-state index in [1.165, 1.54) is 0 Å². The second-order valence-electron chi connectivity index (χ2n) is 5.18. The summed E-state index contributed by atoms with van der Waals surface area (Å²) < 4.78 is 8.07. The number of amides is 1. The summed E-state index contributed by atoms with van der Waals surface area (Å²) in [7, 11) is 0. The van der Waals surface area contributed by atoms with Gasteiger partial charge in [0.15, 0.2) is 6.10 Å². The number of para-hydroxylation sites is 2. The number of hydrogen-bond donors (Lipinski definition) is 1. The topological polar surface area (TPSA) is 56.2 Å². The van der Waals surface area contributed by atoms with Crippen molar-refractivity contribution in [3.63, 3.8) is 0 Å². The highest BCUT2D eigenvalue weighted by Crippen LogP contribution is 2.25. The monoisotopic (exact) mass is 385 g/mol. The molecule has 6 heteroatoms. The average molecular weight is 386 g/mol. The van der Waals surface area contributed by atoms with Crippen LogP contribution in [0.15, 0.2) is 71.3 Å². The van der Waals surface area contributed by atoms with Gasteiger partial charge >= 0.3 is 0 Å². The van der Waals surface area contributed by atoms with E-state index < -0.39 is 6.10 Å². The summed E-state index contributed by atoms with van der Waals surface area (Å²) in [4.78, 5) is 12.2. The van der Waals surface area contributed by atoms with Gasteiger partial charge in [-0.05, 0) is 47.1 Å². The van der Waals surface area contributed by atoms with Crippen molar-refractivity contribution in [2.45, 2.75) is 13.0 Å². The molecule has 0 radical (unpaired) electrons. The predicted octanol–water partition coefficient (Wildman–Crippen LogP) is 4.04. The molecule has 3 rings (SSSR count). The summed E-state index contributed by atoms with van der Waals surface area (Å²) in [5, 5.41) is 7.18. The summed E-state index contributed by atoms with van der Waals surface area (Å²) in [6.07, 6.45) is 1.12. The molecule has 1 aromatic heterocycles. The van der Waals surface area contributed by atoms with Gasteiger partial charge in [-0.15, -0.1) is 5.10 Å². The largest absolute Gasteiger partial charge is 0.463 e. The molecule has 1 heterocycles. The Bertz CT molecular complexity index is 819. The number of ether oxygens (including phenoxy) is 1. The van der Waals surface area contributed by atoms with Crippen LogP contribution in [0.2, 0.25) is 0 Å². The molecule has 0 aliphatic carbocycles. The lowest BCUT2D eigenvalue weighted by molar-refractivity contribution is -0.122. The molecule has 1 amide bonds. The van der Waals surface area contributed by atoms with E-state index in [9.17, 15) is 4.79 Å². The van der Waals surface area contributed by atoms with Crippen molar-refractivity contribution in [2.24, 2.45) is 0 Å². The van der Waals surface area contributed by atoms with Crippen LogP contribution in [-0.4, -0.2) is 21.8 Å². The van der Waals surface area contributed by atoms with Gasteiger partial charge in [-0.3, -0.25) is 4.79 Å². The molecule has 0 aliphatic rings. The fourth-order valence-electron chi connectivity index (χ4n) is 2.12. The lowest BCUT2D eigenvalue weighted by Gasteiger charge is -2.13. The molecule has 2 aromatic carbocycles. The smallest absolute Gasteiger partial charge is 0.265 e. The van der Waals surface area contributed by atoms with E-state index >= 15 is 0 Å². The molecule has 0 saturated heterocycles. The number of nitrogens with zero attached hydrogens (tertiary/aromatic N) is 2. The van der Waals surface area contributed by atoms with Gasteiger partial charge in [-0.25, -0.2) is 4.68 Å². The number of carbonyl (C=O) groups is 1. The normalized spacial score (nSPS) is 11.8. The number of rotatable bonds is 5. The minimum atomic E-state index is -0.680. The van der Waals surface area contributed by atoms with Gasteiger partial charge < -0.3 is 10.1 Å². The van der Waals surface area contributed by atoms with E-state index in [1.54, 1.807) is 17.8 Å². The van der Waals surface area contributed by atoms with Gasteiger partial charge in [-0.1, -0.05) is 36.4 Å². The van der Waals surface area contributed by atoms with Crippen LogP contribution in [0.4, 0.5) is 5.69 Å². The third-order valence-corrected chi connectivity index (χ3v) is 3.90. The number of anilines is 1. The van der Waals surface area contributed by atoms with Crippen LogP contribution in [0, 0.1) is 0 Å². The number of carbonyl (C=O) groups excluding carboxylic acids is 1. The number of hydrogen-bond acceptors (Lipinski definition) is 3. The van der Waals surface area contributed by atoms with Crippen molar-refractivity contribution < 1.29 is 9.53 Å². The first kappa shape index (κ1) is 16.3. The average Bonchev–Trinajstić information content (AvgIpc) is 2.97. The minimum absolute atomic E-state index is 0.234. The first-order valence-corrected chi connectivity index (χ1v) is 8.26. The standard InChI is InChI=1S/C18H16BrN3O2/c1-13(17(23)20-14-8-4-2-5-9-14)24-18-16(19)12-22(21-18)15-10-6-3-7-11-15/h2-13H,1H3,(H,20,23)/t13-/m1/s1. The van der Waals surface area contributed by atoms with Crippen LogP contribution in [0.5, 0.6) is 5.88 Å². The predicted molar refractivity (Wildman–Crippen MR) is 96.4 cm³/mol. The third kappa shape index (κ3) is 3.83. The van der Waals surface area contributed by atoms with E-state index in [0.717, 1.165) is 11.4 Å². The fourth-order valence-corrected chi connectivity index (χ4v) is 2.48. The van der Waals surface area contributed by atoms with Crippen LogP contribution in [0.1, 0.15) is 6.92 Å². The number of aromatic nitrogens is 2. The zero-order chi connectivity index (χ0) is 16.9. The summed E-state index contributed by atoms with van der Waals surface area (Å²) >= 11 is 3.42. The zero-order valence-electron chi connectivity index (χ0n) is 13.0. The van der Waals surface area contributed by atoms with Crippen LogP contribution >= 0.6 is 15.9 Å². The van der Waals surface area contributed by atoms with Gasteiger partial charge in [-0.2, -0.15) is 0 Å². The Morgan fingerprint density at radius 3 is 2.42 bits per heavy atom. The highest BCUT2D eigenvalue weighted by atomic mass is 79.9. The second-order valence-corrected chi connectivity index (χ2v) is 6.03. The molecular formula is C18H16BrN3O2. The molecule has 0 fully saturated rings. The van der Waals surface area contributed by atoms with Crippen molar-refractivity contribution in [3.05, 3.63) is 71.3 Å². The first-order chi connectivity index (χ1) is 11.6. The molecule has 0 saturated carbocycles. The molecule has 5 nitrogen and oxygen atoms in total. The maximum atomic E-state index is 12.2. The van der Waals surface area contributed by atoms with Crippen molar-refractivity contribution in [1.82, 2.24) is 9.78 Å². The second kappa shape index (κ2) is 7.31. The quantitative estimate of drug-likeness (QED) is 0.720. The molecule has 1 atom stereocenters.